The first-order valence-electron chi connectivity index (χ1n) is 10.4. The van der Waals surface area contributed by atoms with E-state index in [0.29, 0.717) is 30.8 Å². The number of carbonyl (C=O) groups is 1. The van der Waals surface area contributed by atoms with Crippen molar-refractivity contribution in [3.05, 3.63) is 59.7 Å². The lowest BCUT2D eigenvalue weighted by atomic mass is 10.2. The van der Waals surface area contributed by atoms with Crippen molar-refractivity contribution < 1.29 is 13.2 Å². The molecule has 1 aliphatic heterocycles. The molecule has 164 valence electrons. The van der Waals surface area contributed by atoms with Crippen molar-refractivity contribution in [3.63, 3.8) is 0 Å². The van der Waals surface area contributed by atoms with Crippen molar-refractivity contribution in [3.8, 4) is 6.07 Å². The molecule has 0 atom stereocenters. The maximum Gasteiger partial charge on any atom is 0.253 e. The summed E-state index contributed by atoms with van der Waals surface area (Å²) in [6, 6.07) is 15.7. The van der Waals surface area contributed by atoms with Crippen molar-refractivity contribution in [1.82, 2.24) is 9.21 Å². The molecule has 2 aromatic carbocycles. The summed E-state index contributed by atoms with van der Waals surface area (Å²) in [6.07, 6.45) is 0.805. The van der Waals surface area contributed by atoms with E-state index in [2.05, 4.69) is 11.0 Å². The fourth-order valence-electron chi connectivity index (χ4n) is 3.54. The Morgan fingerprint density at radius 3 is 2.42 bits per heavy atom. The van der Waals surface area contributed by atoms with Gasteiger partial charge >= 0.3 is 0 Å². The molecule has 8 heteroatoms. The fourth-order valence-corrected chi connectivity index (χ4v) is 4.96. The Kier molecular flexibility index (Phi) is 6.98. The van der Waals surface area contributed by atoms with Gasteiger partial charge in [-0.1, -0.05) is 6.07 Å². The number of nitriles is 1. The number of anilines is 1. The van der Waals surface area contributed by atoms with Crippen LogP contribution in [0.3, 0.4) is 0 Å². The molecule has 1 amide bonds. The molecule has 0 aliphatic carbocycles. The second kappa shape index (κ2) is 9.50. The zero-order valence-corrected chi connectivity index (χ0v) is 19.0. The van der Waals surface area contributed by atoms with Crippen LogP contribution in [-0.4, -0.2) is 62.8 Å². The summed E-state index contributed by atoms with van der Waals surface area (Å²) < 4.78 is 26.9. The van der Waals surface area contributed by atoms with Gasteiger partial charge in [0.05, 0.1) is 16.5 Å². The highest BCUT2D eigenvalue weighted by atomic mass is 32.2. The molecule has 0 saturated carbocycles. The van der Waals surface area contributed by atoms with Gasteiger partial charge in [-0.2, -0.15) is 9.57 Å². The lowest BCUT2D eigenvalue weighted by Gasteiger charge is -2.24. The lowest BCUT2D eigenvalue weighted by molar-refractivity contribution is 0.0766. The summed E-state index contributed by atoms with van der Waals surface area (Å²) >= 11 is 0. The van der Waals surface area contributed by atoms with Gasteiger partial charge in [-0.3, -0.25) is 4.79 Å². The highest BCUT2D eigenvalue weighted by Gasteiger charge is 2.26. The molecule has 0 unspecified atom stereocenters. The van der Waals surface area contributed by atoms with Crippen molar-refractivity contribution in [2.75, 3.05) is 38.1 Å². The molecule has 1 fully saturated rings. The molecule has 0 aromatic heterocycles. The first-order valence-corrected chi connectivity index (χ1v) is 11.8. The second-order valence-electron chi connectivity index (χ2n) is 7.93. The van der Waals surface area contributed by atoms with Crippen LogP contribution >= 0.6 is 0 Å². The molecule has 0 spiro atoms. The minimum atomic E-state index is -3.65. The van der Waals surface area contributed by atoms with Gasteiger partial charge in [-0.15, -0.1) is 0 Å². The Morgan fingerprint density at radius 2 is 1.77 bits per heavy atom. The van der Waals surface area contributed by atoms with E-state index in [-0.39, 0.29) is 16.8 Å². The molecule has 1 saturated heterocycles. The normalized spacial score (nSPS) is 15.1. The Labute approximate surface area is 184 Å². The highest BCUT2D eigenvalue weighted by Crippen LogP contribution is 2.21. The number of benzene rings is 2. The predicted molar refractivity (Wildman–Crippen MR) is 120 cm³/mol. The third kappa shape index (κ3) is 5.06. The third-order valence-electron chi connectivity index (χ3n) is 5.63. The van der Waals surface area contributed by atoms with Crippen molar-refractivity contribution >= 4 is 21.6 Å². The Morgan fingerprint density at radius 1 is 1.06 bits per heavy atom. The van der Waals surface area contributed by atoms with Crippen LogP contribution in [0.15, 0.2) is 53.4 Å². The van der Waals surface area contributed by atoms with Crippen molar-refractivity contribution in [2.24, 2.45) is 0 Å². The van der Waals surface area contributed by atoms with Crippen LogP contribution in [0.4, 0.5) is 5.69 Å². The Bertz CT molecular complexity index is 1070. The van der Waals surface area contributed by atoms with Crippen LogP contribution in [0.2, 0.25) is 0 Å². The molecule has 0 bridgehead atoms. The summed E-state index contributed by atoms with van der Waals surface area (Å²) in [5.74, 6) is -0.161. The number of hydrogen-bond acceptors (Lipinski definition) is 5. The number of carbonyl (C=O) groups excluding carboxylic acids is 1. The SMILES string of the molecule is CC(C)N(C)S(=O)(=O)c1cccc(C(=O)N2CCCN(c3ccc(C#N)cc3)CC2)c1. The maximum atomic E-state index is 13.1. The van der Waals surface area contributed by atoms with Crippen LogP contribution in [-0.2, 0) is 10.0 Å². The van der Waals surface area contributed by atoms with Crippen molar-refractivity contribution in [2.45, 2.75) is 31.2 Å². The summed E-state index contributed by atoms with van der Waals surface area (Å²) in [5, 5.41) is 8.97. The van der Waals surface area contributed by atoms with Gasteiger partial charge in [-0.25, -0.2) is 8.42 Å². The first kappa shape index (κ1) is 22.8. The summed E-state index contributed by atoms with van der Waals surface area (Å²) in [5.41, 5.74) is 2.02. The van der Waals surface area contributed by atoms with E-state index in [9.17, 15) is 13.2 Å². The molecular formula is C23H28N4O3S. The van der Waals surface area contributed by atoms with E-state index in [1.54, 1.807) is 36.2 Å². The smallest absolute Gasteiger partial charge is 0.253 e. The van der Waals surface area contributed by atoms with Gasteiger partial charge in [0.1, 0.15) is 0 Å². The number of rotatable bonds is 5. The van der Waals surface area contributed by atoms with Crippen LogP contribution < -0.4 is 4.90 Å². The second-order valence-corrected chi connectivity index (χ2v) is 9.93. The monoisotopic (exact) mass is 440 g/mol. The topological polar surface area (TPSA) is 84.7 Å². The van der Waals surface area contributed by atoms with Crippen LogP contribution in [0.25, 0.3) is 0 Å². The van der Waals surface area contributed by atoms with Gasteiger partial charge in [-0.05, 0) is 62.7 Å². The Balaban J connectivity index is 1.74. The molecule has 0 radical (unpaired) electrons. The van der Waals surface area contributed by atoms with E-state index < -0.39 is 10.0 Å². The average Bonchev–Trinajstić information content (AvgIpc) is 3.04. The standard InChI is InChI=1S/C23H28N4O3S/c1-18(2)25(3)31(29,30)22-7-4-6-20(16-22)23(28)27-13-5-12-26(14-15-27)21-10-8-19(17-24)9-11-21/h4,6-11,16,18H,5,12-15H2,1-3H3. The molecular weight excluding hydrogens is 412 g/mol. The quantitative estimate of drug-likeness (QED) is 0.714. The van der Waals surface area contributed by atoms with Crippen molar-refractivity contribution in [1.29, 1.82) is 5.26 Å². The van der Waals surface area contributed by atoms with Gasteiger partial charge in [0.15, 0.2) is 0 Å². The van der Waals surface area contributed by atoms with E-state index in [1.807, 2.05) is 26.0 Å². The number of sulfonamides is 1. The van der Waals surface area contributed by atoms with Gasteiger partial charge < -0.3 is 9.80 Å². The zero-order chi connectivity index (χ0) is 22.6. The highest BCUT2D eigenvalue weighted by molar-refractivity contribution is 7.89. The largest absolute Gasteiger partial charge is 0.370 e. The maximum absolute atomic E-state index is 13.1. The number of hydrogen-bond donors (Lipinski definition) is 0. The van der Waals surface area contributed by atoms with Crippen LogP contribution in [0.1, 0.15) is 36.2 Å². The van der Waals surface area contributed by atoms with Gasteiger partial charge in [0.2, 0.25) is 10.0 Å². The fraction of sp³-hybridized carbons (Fsp3) is 0.391. The van der Waals surface area contributed by atoms with E-state index in [1.165, 1.54) is 16.4 Å². The number of amides is 1. The summed E-state index contributed by atoms with van der Waals surface area (Å²) in [7, 11) is -2.11. The third-order valence-corrected chi connectivity index (χ3v) is 7.66. The van der Waals surface area contributed by atoms with E-state index in [4.69, 9.17) is 5.26 Å². The van der Waals surface area contributed by atoms with Crippen LogP contribution in [0.5, 0.6) is 0 Å². The average molecular weight is 441 g/mol. The zero-order valence-electron chi connectivity index (χ0n) is 18.2. The molecule has 0 N–H and O–H groups in total. The summed E-state index contributed by atoms with van der Waals surface area (Å²) in [6.45, 7) is 6.25. The molecule has 2 aromatic rings. The molecule has 31 heavy (non-hydrogen) atoms. The summed E-state index contributed by atoms with van der Waals surface area (Å²) in [4.78, 5) is 17.2. The number of nitrogens with zero attached hydrogens (tertiary/aromatic N) is 4. The predicted octanol–water partition coefficient (Wildman–Crippen LogP) is 2.94. The first-order chi connectivity index (χ1) is 14.7. The minimum Gasteiger partial charge on any atom is -0.370 e. The molecule has 7 nitrogen and oxygen atoms in total. The molecule has 1 heterocycles. The minimum absolute atomic E-state index is 0.128. The van der Waals surface area contributed by atoms with E-state index in [0.717, 1.165) is 18.7 Å². The molecule has 3 rings (SSSR count). The van der Waals surface area contributed by atoms with Crippen LogP contribution in [0, 0.1) is 11.3 Å². The Hall–Kier alpha value is -2.89. The van der Waals surface area contributed by atoms with Gasteiger partial charge in [0, 0.05) is 50.5 Å². The van der Waals surface area contributed by atoms with E-state index >= 15 is 0 Å². The lowest BCUT2D eigenvalue weighted by Crippen LogP contribution is -2.35. The van der Waals surface area contributed by atoms with Gasteiger partial charge in [0.25, 0.3) is 5.91 Å². The molecule has 1 aliphatic rings.